The molecule has 0 saturated carbocycles. The maximum absolute atomic E-state index is 14.4. The molecule has 2 nitrogen and oxygen atoms in total. The number of allylic oxidation sites excluding steroid dienone is 2. The number of pyridine rings is 1. The van der Waals surface area contributed by atoms with E-state index >= 15 is 0 Å². The van der Waals surface area contributed by atoms with E-state index in [2.05, 4.69) is 37.3 Å². The Bertz CT molecular complexity index is 514. The summed E-state index contributed by atoms with van der Waals surface area (Å²) in [6.45, 7) is 15.8. The van der Waals surface area contributed by atoms with Crippen molar-refractivity contribution in [2.45, 2.75) is 53.4 Å². The van der Waals surface area contributed by atoms with Gasteiger partial charge in [-0.2, -0.15) is 0 Å². The fraction of sp³-hybridized carbons (Fsp3) is 0.500. The summed E-state index contributed by atoms with van der Waals surface area (Å²) >= 11 is 0. The van der Waals surface area contributed by atoms with Crippen molar-refractivity contribution in [1.82, 2.24) is 4.98 Å². The highest BCUT2D eigenvalue weighted by Gasteiger charge is 2.19. The molecule has 0 aromatic carbocycles. The topological polar surface area (TPSA) is 24.9 Å². The van der Waals surface area contributed by atoms with Crippen LogP contribution in [-0.2, 0) is 0 Å². The van der Waals surface area contributed by atoms with E-state index in [1.54, 1.807) is 13.1 Å². The van der Waals surface area contributed by atoms with E-state index in [1.165, 1.54) is 0 Å². The molecule has 1 aromatic rings. The van der Waals surface area contributed by atoms with Gasteiger partial charge in [-0.25, -0.2) is 4.39 Å². The number of hydrogen-bond donors (Lipinski definition) is 1. The number of aromatic nitrogens is 1. The maximum atomic E-state index is 14.4. The van der Waals surface area contributed by atoms with E-state index in [9.17, 15) is 4.39 Å². The highest BCUT2D eigenvalue weighted by Crippen LogP contribution is 2.35. The molecule has 0 aliphatic rings. The summed E-state index contributed by atoms with van der Waals surface area (Å²) < 4.78 is 14.4. The molecule has 0 radical (unpaired) electrons. The van der Waals surface area contributed by atoms with Crippen LogP contribution >= 0.6 is 0 Å². The number of anilines is 1. The van der Waals surface area contributed by atoms with Crippen LogP contribution in [0.4, 0.5) is 10.1 Å². The number of halogens is 1. The molecule has 0 aliphatic carbocycles. The van der Waals surface area contributed by atoms with E-state index in [0.717, 1.165) is 36.8 Å². The van der Waals surface area contributed by atoms with Crippen LogP contribution < -0.4 is 5.32 Å². The average molecular weight is 290 g/mol. The van der Waals surface area contributed by atoms with Gasteiger partial charge in [-0.3, -0.25) is 4.98 Å². The average Bonchev–Trinajstić information content (AvgIpc) is 2.43. The van der Waals surface area contributed by atoms with Gasteiger partial charge in [-0.05, 0) is 38.2 Å². The van der Waals surface area contributed by atoms with Gasteiger partial charge in [0.05, 0.1) is 11.4 Å². The smallest absolute Gasteiger partial charge is 0.168 e. The molecular weight excluding hydrogens is 263 g/mol. The van der Waals surface area contributed by atoms with Crippen molar-refractivity contribution in [3.05, 3.63) is 42.1 Å². The predicted octanol–water partition coefficient (Wildman–Crippen LogP) is 5.70. The van der Waals surface area contributed by atoms with Crippen LogP contribution in [0.25, 0.3) is 5.57 Å². The monoisotopic (exact) mass is 290 g/mol. The first-order chi connectivity index (χ1) is 9.92. The molecule has 0 bridgehead atoms. The zero-order valence-corrected chi connectivity index (χ0v) is 13.7. The number of nitrogens with zero attached hydrogens (tertiary/aromatic N) is 1. The van der Waals surface area contributed by atoms with Gasteiger partial charge in [0.1, 0.15) is 0 Å². The minimum absolute atomic E-state index is 0.316. The Kier molecular flexibility index (Phi) is 6.60. The van der Waals surface area contributed by atoms with Crippen LogP contribution in [0, 0.1) is 18.7 Å². The Hall–Kier alpha value is -1.64. The maximum Gasteiger partial charge on any atom is 0.168 e. The Morgan fingerprint density at radius 3 is 2.33 bits per heavy atom. The standard InChI is InChI=1S/C18H27FN2/c1-7-9-15(10-8-2)13(5)16-11-20-14(6)17(19)18(16)21-12(3)4/h11,15H,3,5,7-10H2,1-2,4,6H3,(H,20,21). The quantitative estimate of drug-likeness (QED) is 0.664. The first kappa shape index (κ1) is 17.4. The summed E-state index contributed by atoms with van der Waals surface area (Å²) in [5.41, 5.74) is 3.29. The molecule has 0 fully saturated rings. The van der Waals surface area contributed by atoms with Gasteiger partial charge in [0.25, 0.3) is 0 Å². The third kappa shape index (κ3) is 4.42. The molecule has 1 aromatic heterocycles. The van der Waals surface area contributed by atoms with Crippen molar-refractivity contribution < 1.29 is 4.39 Å². The first-order valence-electron chi connectivity index (χ1n) is 7.69. The van der Waals surface area contributed by atoms with Crippen LogP contribution in [0.2, 0.25) is 0 Å². The van der Waals surface area contributed by atoms with Gasteiger partial charge >= 0.3 is 0 Å². The Labute approximate surface area is 128 Å². The molecule has 1 heterocycles. The van der Waals surface area contributed by atoms with Gasteiger partial charge in [-0.15, -0.1) is 0 Å². The van der Waals surface area contributed by atoms with Gasteiger partial charge in [0.15, 0.2) is 5.82 Å². The number of rotatable bonds is 8. The minimum Gasteiger partial charge on any atom is -0.357 e. The SMILES string of the molecule is C=C(C)Nc1c(C(=C)C(CCC)CCC)cnc(C)c1F. The second-order valence-corrected chi connectivity index (χ2v) is 5.65. The Morgan fingerprint density at radius 1 is 1.29 bits per heavy atom. The van der Waals surface area contributed by atoms with Gasteiger partial charge < -0.3 is 5.32 Å². The van der Waals surface area contributed by atoms with Crippen molar-refractivity contribution in [2.24, 2.45) is 5.92 Å². The van der Waals surface area contributed by atoms with Crippen molar-refractivity contribution in [2.75, 3.05) is 5.32 Å². The molecule has 3 heteroatoms. The van der Waals surface area contributed by atoms with Crippen molar-refractivity contribution >= 4 is 11.3 Å². The summed E-state index contributed by atoms with van der Waals surface area (Å²) in [6.07, 6.45) is 6.04. The van der Waals surface area contributed by atoms with E-state index in [4.69, 9.17) is 0 Å². The normalized spacial score (nSPS) is 10.8. The van der Waals surface area contributed by atoms with E-state index < -0.39 is 0 Å². The third-order valence-corrected chi connectivity index (χ3v) is 3.65. The fourth-order valence-electron chi connectivity index (χ4n) is 2.57. The minimum atomic E-state index is -0.316. The molecule has 1 N–H and O–H groups in total. The van der Waals surface area contributed by atoms with Crippen LogP contribution in [0.5, 0.6) is 0 Å². The lowest BCUT2D eigenvalue weighted by Crippen LogP contribution is -2.09. The second-order valence-electron chi connectivity index (χ2n) is 5.65. The molecule has 0 spiro atoms. The lowest BCUT2D eigenvalue weighted by molar-refractivity contribution is 0.543. The third-order valence-electron chi connectivity index (χ3n) is 3.65. The van der Waals surface area contributed by atoms with Crippen molar-refractivity contribution in [3.8, 4) is 0 Å². The lowest BCUT2D eigenvalue weighted by Gasteiger charge is -2.22. The number of nitrogens with one attached hydrogen (secondary N) is 1. The molecular formula is C18H27FN2. The van der Waals surface area contributed by atoms with E-state index in [0.29, 0.717) is 23.0 Å². The molecule has 21 heavy (non-hydrogen) atoms. The summed E-state index contributed by atoms with van der Waals surface area (Å²) in [5.74, 6) is 0.0537. The zero-order valence-electron chi connectivity index (χ0n) is 13.7. The summed E-state index contributed by atoms with van der Waals surface area (Å²) in [7, 11) is 0. The van der Waals surface area contributed by atoms with Crippen LogP contribution in [0.1, 0.15) is 57.7 Å². The van der Waals surface area contributed by atoms with Crippen LogP contribution in [0.3, 0.4) is 0 Å². The predicted molar refractivity (Wildman–Crippen MR) is 89.7 cm³/mol. The molecule has 0 saturated heterocycles. The van der Waals surface area contributed by atoms with Crippen molar-refractivity contribution in [1.29, 1.82) is 0 Å². The van der Waals surface area contributed by atoms with E-state index in [1.807, 2.05) is 6.92 Å². The lowest BCUT2D eigenvalue weighted by atomic mass is 9.86. The van der Waals surface area contributed by atoms with Crippen LogP contribution in [0.15, 0.2) is 25.1 Å². The highest BCUT2D eigenvalue weighted by molar-refractivity contribution is 5.77. The molecule has 116 valence electrons. The summed E-state index contributed by atoms with van der Waals surface area (Å²) in [4.78, 5) is 4.16. The first-order valence-corrected chi connectivity index (χ1v) is 7.69. The highest BCUT2D eigenvalue weighted by atomic mass is 19.1. The van der Waals surface area contributed by atoms with Gasteiger partial charge in [-0.1, -0.05) is 39.8 Å². The molecule has 0 aliphatic heterocycles. The zero-order chi connectivity index (χ0) is 16.0. The molecule has 1 rings (SSSR count). The largest absolute Gasteiger partial charge is 0.357 e. The summed E-state index contributed by atoms with van der Waals surface area (Å²) in [6, 6.07) is 0. The number of aryl methyl sites for hydroxylation is 1. The molecule has 0 atom stereocenters. The van der Waals surface area contributed by atoms with Gasteiger partial charge in [0.2, 0.25) is 0 Å². The number of hydrogen-bond acceptors (Lipinski definition) is 2. The van der Waals surface area contributed by atoms with Crippen molar-refractivity contribution in [3.63, 3.8) is 0 Å². The Balaban J connectivity index is 3.23. The van der Waals surface area contributed by atoms with Crippen LogP contribution in [-0.4, -0.2) is 4.98 Å². The second kappa shape index (κ2) is 7.96. The summed E-state index contributed by atoms with van der Waals surface area (Å²) in [5, 5.41) is 3.03. The molecule has 0 amide bonds. The molecule has 0 unspecified atom stereocenters. The van der Waals surface area contributed by atoms with Gasteiger partial charge in [0, 0.05) is 17.5 Å². The Morgan fingerprint density at radius 2 is 1.86 bits per heavy atom. The fourth-order valence-corrected chi connectivity index (χ4v) is 2.57. The van der Waals surface area contributed by atoms with E-state index in [-0.39, 0.29) is 5.82 Å².